The van der Waals surface area contributed by atoms with Crippen molar-refractivity contribution in [2.24, 2.45) is 0 Å². The molecule has 0 spiro atoms. The number of ketones is 4. The number of aliphatic carboxylic acids is 1. The number of benzene rings is 6. The smallest absolute Gasteiger partial charge is 0.330 e. The van der Waals surface area contributed by atoms with Crippen LogP contribution in [0.25, 0.3) is 32.3 Å². The number of hydrogen-bond acceptors (Lipinski definition) is 13. The fourth-order valence-corrected chi connectivity index (χ4v) is 5.88. The summed E-state index contributed by atoms with van der Waals surface area (Å²) in [6, 6.07) is 30.9. The van der Waals surface area contributed by atoms with Gasteiger partial charge in [0.2, 0.25) is 0 Å². The summed E-state index contributed by atoms with van der Waals surface area (Å²) in [6.45, 7) is 0.438. The average molecular weight is 898 g/mol. The number of phenols is 3. The Hall–Kier alpha value is -8.99. The molecule has 17 nitrogen and oxygen atoms in total. The molecule has 7 N–H and O–H groups in total. The Balaban J connectivity index is 0.000000217. The lowest BCUT2D eigenvalue weighted by Gasteiger charge is -2.07. The van der Waals surface area contributed by atoms with Crippen molar-refractivity contribution in [1.29, 1.82) is 0 Å². The number of amides is 3. The number of methoxy groups -OCH3 is 1. The van der Waals surface area contributed by atoms with Gasteiger partial charge >= 0.3 is 11.9 Å². The number of ether oxygens (including phenoxy) is 1. The molecule has 6 rings (SSSR count). The molecule has 66 heavy (non-hydrogen) atoms. The number of phenolic OH excluding ortho intramolecular Hbond substituents is 3. The number of fused-ring (bicyclic) bond motifs is 3. The van der Waals surface area contributed by atoms with Crippen molar-refractivity contribution in [2.45, 2.75) is 13.3 Å². The van der Waals surface area contributed by atoms with E-state index in [0.717, 1.165) is 50.5 Å². The minimum atomic E-state index is -1.24. The van der Waals surface area contributed by atoms with Crippen molar-refractivity contribution < 1.29 is 68.3 Å². The highest BCUT2D eigenvalue weighted by Gasteiger charge is 2.16. The van der Waals surface area contributed by atoms with Gasteiger partial charge in [0.15, 0.2) is 17.3 Å². The van der Waals surface area contributed by atoms with Gasteiger partial charge in [-0.1, -0.05) is 72.8 Å². The number of Topliss-reactive ketones (excluding diaryl/α,β-unsaturated/α-hetero) is 2. The summed E-state index contributed by atoms with van der Waals surface area (Å²) in [5.74, 6) is -5.78. The number of hydrogen-bond donors (Lipinski definition) is 7. The average Bonchev–Trinajstić information content (AvgIpc) is 3.29. The molecule has 0 aliphatic heterocycles. The molecule has 0 saturated carbocycles. The standard InChI is InChI=1S/C17H15NO5.C16H13NO5.C16H15NO4/c1-23-16(21)7-6-13(19)10-18-17(22)14-8-11-4-2-3-5-12(11)9-15(14)20;18-12(5-6-15(20)21)9-17-16(22)13-7-10-3-1-2-4-11(10)8-14(13)19;1-10(18)6-13(19)9-17-16(21)14-7-11-4-2-3-5-12(11)8-15(14)20/h2-9,20H,10H2,1H3,(H,18,22);1-8,19H,9H2,(H,17,22)(H,20,21);2-5,7-8,20H,6,9H2,1H3,(H,17,21)/b7-6-;6-5-;. The van der Waals surface area contributed by atoms with Crippen LogP contribution >= 0.6 is 0 Å². The van der Waals surface area contributed by atoms with E-state index in [1.54, 1.807) is 30.3 Å². The summed E-state index contributed by atoms with van der Waals surface area (Å²) in [6.07, 6.45) is 3.35. The maximum absolute atomic E-state index is 12.1. The maximum atomic E-state index is 12.1. The second-order valence-corrected chi connectivity index (χ2v) is 14.1. The summed E-state index contributed by atoms with van der Waals surface area (Å²) in [5, 5.41) is 50.0. The summed E-state index contributed by atoms with van der Waals surface area (Å²) in [4.78, 5) is 102. The molecule has 0 heterocycles. The fraction of sp³-hybridized carbons (Fsp3) is 0.122. The lowest BCUT2D eigenvalue weighted by Crippen LogP contribution is -2.30. The van der Waals surface area contributed by atoms with Gasteiger partial charge < -0.3 is 41.1 Å². The minimum absolute atomic E-state index is 0.0497. The lowest BCUT2D eigenvalue weighted by molar-refractivity contribution is -0.135. The monoisotopic (exact) mass is 897 g/mol. The van der Waals surface area contributed by atoms with Crippen LogP contribution in [-0.4, -0.2) is 100.0 Å². The Bertz CT molecular complexity index is 2920. The van der Waals surface area contributed by atoms with Crippen molar-refractivity contribution >= 4 is 85.1 Å². The predicted octanol–water partition coefficient (Wildman–Crippen LogP) is 4.88. The molecule has 0 atom stereocenters. The van der Waals surface area contributed by atoms with E-state index in [9.17, 15) is 58.5 Å². The van der Waals surface area contributed by atoms with Gasteiger partial charge in [-0.05, 0) is 87.8 Å². The molecule has 0 aliphatic rings. The van der Waals surface area contributed by atoms with Crippen LogP contribution < -0.4 is 16.0 Å². The molecule has 0 unspecified atom stereocenters. The van der Waals surface area contributed by atoms with Crippen molar-refractivity contribution in [2.75, 3.05) is 26.7 Å². The van der Waals surface area contributed by atoms with Crippen LogP contribution in [0.3, 0.4) is 0 Å². The predicted molar refractivity (Wildman–Crippen MR) is 242 cm³/mol. The van der Waals surface area contributed by atoms with E-state index in [1.807, 2.05) is 54.6 Å². The van der Waals surface area contributed by atoms with E-state index in [0.29, 0.717) is 6.08 Å². The zero-order valence-electron chi connectivity index (χ0n) is 35.4. The Morgan fingerprint density at radius 3 is 1.12 bits per heavy atom. The van der Waals surface area contributed by atoms with E-state index in [-0.39, 0.29) is 71.6 Å². The van der Waals surface area contributed by atoms with Crippen LogP contribution in [-0.2, 0) is 33.5 Å². The molecule has 0 bridgehead atoms. The first kappa shape index (κ1) is 49.7. The molecular weight excluding hydrogens is 855 g/mol. The summed E-state index contributed by atoms with van der Waals surface area (Å²) in [5.41, 5.74) is 0.228. The van der Waals surface area contributed by atoms with Gasteiger partial charge in [-0.15, -0.1) is 0 Å². The molecule has 6 aromatic rings. The molecule has 0 aromatic heterocycles. The molecule has 17 heteroatoms. The van der Waals surface area contributed by atoms with E-state index in [1.165, 1.54) is 38.3 Å². The number of rotatable bonds is 15. The van der Waals surface area contributed by atoms with Gasteiger partial charge in [0.05, 0.1) is 49.9 Å². The summed E-state index contributed by atoms with van der Waals surface area (Å²) in [7, 11) is 1.20. The molecule has 338 valence electrons. The molecule has 0 saturated heterocycles. The van der Waals surface area contributed by atoms with Crippen molar-refractivity contribution in [1.82, 2.24) is 16.0 Å². The highest BCUT2D eigenvalue weighted by Crippen LogP contribution is 2.27. The van der Waals surface area contributed by atoms with Crippen molar-refractivity contribution in [3.05, 3.63) is 150 Å². The third-order valence-corrected chi connectivity index (χ3v) is 9.08. The third-order valence-electron chi connectivity index (χ3n) is 9.08. The van der Waals surface area contributed by atoms with E-state index in [4.69, 9.17) is 5.11 Å². The molecule has 3 amide bonds. The van der Waals surface area contributed by atoms with Gasteiger partial charge in [0.1, 0.15) is 23.0 Å². The Kier molecular flexibility index (Phi) is 18.1. The first-order chi connectivity index (χ1) is 31.4. The van der Waals surface area contributed by atoms with Crippen LogP contribution in [0.2, 0.25) is 0 Å². The van der Waals surface area contributed by atoms with Crippen molar-refractivity contribution in [3.8, 4) is 17.2 Å². The number of esters is 1. The van der Waals surface area contributed by atoms with Crippen LogP contribution in [0.4, 0.5) is 0 Å². The zero-order chi connectivity index (χ0) is 48.3. The minimum Gasteiger partial charge on any atom is -0.507 e. The van der Waals surface area contributed by atoms with Crippen LogP contribution in [0.5, 0.6) is 17.2 Å². The lowest BCUT2D eigenvalue weighted by atomic mass is 10.1. The van der Waals surface area contributed by atoms with Gasteiger partial charge in [-0.2, -0.15) is 0 Å². The highest BCUT2D eigenvalue weighted by molar-refractivity contribution is 6.07. The number of carbonyl (C=O) groups excluding carboxylic acids is 8. The van der Waals surface area contributed by atoms with Crippen LogP contribution in [0.1, 0.15) is 44.4 Å². The molecule has 0 fully saturated rings. The number of carboxylic acids is 1. The van der Waals surface area contributed by atoms with Gasteiger partial charge in [-0.3, -0.25) is 33.6 Å². The molecule has 0 aliphatic carbocycles. The number of carboxylic acid groups (broad SMARTS) is 1. The topological polar surface area (TPSA) is 280 Å². The number of carbonyl (C=O) groups is 9. The van der Waals surface area contributed by atoms with Crippen LogP contribution in [0, 0.1) is 0 Å². The SMILES string of the molecule is CC(=O)CC(=O)CNC(=O)c1cc2ccccc2cc1O.COC(=O)/C=C\C(=O)CNC(=O)c1cc2ccccc2cc1O.O=C(O)/C=C\C(=O)CNC(=O)c1cc2ccccc2cc1O. The van der Waals surface area contributed by atoms with E-state index >= 15 is 0 Å². The van der Waals surface area contributed by atoms with Gasteiger partial charge in [0.25, 0.3) is 17.7 Å². The second kappa shape index (κ2) is 24.0. The maximum Gasteiger partial charge on any atom is 0.330 e. The normalized spacial score (nSPS) is 10.6. The van der Waals surface area contributed by atoms with E-state index in [2.05, 4.69) is 20.7 Å². The largest absolute Gasteiger partial charge is 0.507 e. The highest BCUT2D eigenvalue weighted by atomic mass is 16.5. The van der Waals surface area contributed by atoms with Crippen molar-refractivity contribution in [3.63, 3.8) is 0 Å². The Morgan fingerprint density at radius 1 is 0.485 bits per heavy atom. The van der Waals surface area contributed by atoms with Crippen LogP contribution in [0.15, 0.2) is 133 Å². The first-order valence-electron chi connectivity index (χ1n) is 19.7. The van der Waals surface area contributed by atoms with Gasteiger partial charge in [-0.25, -0.2) is 9.59 Å². The summed E-state index contributed by atoms with van der Waals surface area (Å²) >= 11 is 0. The fourth-order valence-electron chi connectivity index (χ4n) is 5.88. The number of nitrogens with one attached hydrogen (secondary N) is 3. The molecule has 0 radical (unpaired) electrons. The third kappa shape index (κ3) is 15.1. The second-order valence-electron chi connectivity index (χ2n) is 14.1. The van der Waals surface area contributed by atoms with E-state index < -0.39 is 41.2 Å². The first-order valence-corrected chi connectivity index (χ1v) is 19.7. The Labute approximate surface area is 376 Å². The summed E-state index contributed by atoms with van der Waals surface area (Å²) < 4.78 is 4.35. The van der Waals surface area contributed by atoms with Gasteiger partial charge in [0, 0.05) is 12.2 Å². The molecule has 6 aromatic carbocycles. The molecular formula is C49H43N3O14. The quantitative estimate of drug-likeness (QED) is 0.0411. The Morgan fingerprint density at radius 2 is 0.803 bits per heavy atom. The zero-order valence-corrected chi connectivity index (χ0v) is 35.4. The number of aromatic hydroxyl groups is 3.